The first-order valence-electron chi connectivity index (χ1n) is 17.3. The van der Waals surface area contributed by atoms with E-state index in [0.29, 0.717) is 23.2 Å². The van der Waals surface area contributed by atoms with Gasteiger partial charge in [-0.25, -0.2) is 9.25 Å². The zero-order chi connectivity index (χ0) is 35.9. The summed E-state index contributed by atoms with van der Waals surface area (Å²) < 4.78 is 34.2. The van der Waals surface area contributed by atoms with Gasteiger partial charge in [0.15, 0.2) is 6.73 Å². The minimum absolute atomic E-state index is 0.0165. The van der Waals surface area contributed by atoms with Crippen molar-refractivity contribution in [3.05, 3.63) is 53.6 Å². The fourth-order valence-electron chi connectivity index (χ4n) is 6.40. The molecule has 2 amide bonds. The zero-order valence-corrected chi connectivity index (χ0v) is 31.5. The van der Waals surface area contributed by atoms with E-state index in [1.54, 1.807) is 63.2 Å². The van der Waals surface area contributed by atoms with Gasteiger partial charge in [0.2, 0.25) is 5.91 Å². The second-order valence-electron chi connectivity index (χ2n) is 15.7. The topological polar surface area (TPSA) is 139 Å². The quantitative estimate of drug-likeness (QED) is 0.163. The minimum Gasteiger partial charge on any atom is -0.339 e. The van der Waals surface area contributed by atoms with Gasteiger partial charge in [-0.05, 0) is 136 Å². The van der Waals surface area contributed by atoms with E-state index in [2.05, 4.69) is 20.8 Å². The highest BCUT2D eigenvalue weighted by molar-refractivity contribution is 7.48. The normalized spacial score (nSPS) is 16.3. The number of nitrogens with zero attached hydrogens (tertiary/aromatic N) is 4. The highest BCUT2D eigenvalue weighted by atomic mass is 31.2. The van der Waals surface area contributed by atoms with E-state index in [-0.39, 0.29) is 30.5 Å². The van der Waals surface area contributed by atoms with E-state index in [1.165, 1.54) is 0 Å². The summed E-state index contributed by atoms with van der Waals surface area (Å²) in [5.74, 6) is 0.501. The molecule has 0 bridgehead atoms. The number of hydrogen-bond donors (Lipinski definition) is 2. The predicted molar refractivity (Wildman–Crippen MR) is 189 cm³/mol. The fraction of sp³-hybridized carbons (Fsp3) is 0.611. The summed E-state index contributed by atoms with van der Waals surface area (Å²) in [7, 11) is -3.93. The van der Waals surface area contributed by atoms with E-state index in [9.17, 15) is 14.2 Å². The second-order valence-corrected chi connectivity index (χ2v) is 17.2. The van der Waals surface area contributed by atoms with Gasteiger partial charge in [-0.1, -0.05) is 12.1 Å². The molecule has 5 rings (SSSR count). The Morgan fingerprint density at radius 3 is 2.02 bits per heavy atom. The molecule has 0 aliphatic heterocycles. The van der Waals surface area contributed by atoms with Crippen LogP contribution in [0, 0.1) is 31.6 Å². The number of aromatic nitrogens is 4. The van der Waals surface area contributed by atoms with Crippen LogP contribution < -0.4 is 10.6 Å². The van der Waals surface area contributed by atoms with Gasteiger partial charge >= 0.3 is 7.82 Å². The van der Waals surface area contributed by atoms with E-state index in [1.807, 2.05) is 52.0 Å². The van der Waals surface area contributed by atoms with Crippen LogP contribution in [0.2, 0.25) is 0 Å². The summed E-state index contributed by atoms with van der Waals surface area (Å²) in [5.41, 5.74) is 2.96. The number of amides is 2. The number of phosphoric ester groups is 1. The maximum atomic E-state index is 13.9. The van der Waals surface area contributed by atoms with Gasteiger partial charge in [0.25, 0.3) is 5.91 Å². The van der Waals surface area contributed by atoms with Crippen molar-refractivity contribution in [2.45, 2.75) is 125 Å². The summed E-state index contributed by atoms with van der Waals surface area (Å²) >= 11 is 0. The second kappa shape index (κ2) is 14.1. The summed E-state index contributed by atoms with van der Waals surface area (Å²) in [6.45, 7) is 18.4. The maximum Gasteiger partial charge on any atom is 0.477 e. The molecule has 49 heavy (non-hydrogen) atoms. The minimum atomic E-state index is -3.93. The molecule has 0 saturated heterocycles. The van der Waals surface area contributed by atoms with Gasteiger partial charge < -0.3 is 10.6 Å². The lowest BCUT2D eigenvalue weighted by Crippen LogP contribution is -2.50. The Labute approximate surface area is 290 Å². The fourth-order valence-corrected chi connectivity index (χ4v) is 8.13. The van der Waals surface area contributed by atoms with Gasteiger partial charge in [0.1, 0.15) is 11.7 Å². The van der Waals surface area contributed by atoms with Crippen LogP contribution in [0.4, 0.5) is 5.69 Å². The van der Waals surface area contributed by atoms with Crippen LogP contribution in [0.15, 0.2) is 36.5 Å². The first-order valence-corrected chi connectivity index (χ1v) is 18.8. The average Bonchev–Trinajstić information content (AvgIpc) is 3.91. The average molecular weight is 697 g/mol. The first-order chi connectivity index (χ1) is 22.8. The Kier molecular flexibility index (Phi) is 10.7. The van der Waals surface area contributed by atoms with Crippen LogP contribution in [0.25, 0.3) is 11.1 Å². The third kappa shape index (κ3) is 9.48. The van der Waals surface area contributed by atoms with E-state index in [4.69, 9.17) is 13.6 Å². The van der Waals surface area contributed by atoms with Crippen molar-refractivity contribution in [2.75, 3.05) is 5.32 Å². The SMILES string of the molecule is Cc1nn(COP(=O)(OC(C)(C)C)OC(C)(C)C)c(C)c1-c1ccc(NC(=O)[C@@H](NC(=O)c2ccnn2C(C)C)C(C2CC2)C2CC2)cc1. The van der Waals surface area contributed by atoms with Crippen molar-refractivity contribution in [3.8, 4) is 11.1 Å². The summed E-state index contributed by atoms with van der Waals surface area (Å²) in [6.07, 6.45) is 5.96. The molecule has 1 aromatic carbocycles. The van der Waals surface area contributed by atoms with Crippen LogP contribution in [0.1, 0.15) is 109 Å². The molecule has 2 aliphatic carbocycles. The molecule has 2 aromatic heterocycles. The predicted octanol–water partition coefficient (Wildman–Crippen LogP) is 7.83. The summed E-state index contributed by atoms with van der Waals surface area (Å²) in [5, 5.41) is 15.2. The summed E-state index contributed by atoms with van der Waals surface area (Å²) in [4.78, 5) is 27.4. The largest absolute Gasteiger partial charge is 0.477 e. The van der Waals surface area contributed by atoms with Gasteiger partial charge in [-0.15, -0.1) is 0 Å². The number of rotatable bonds is 14. The van der Waals surface area contributed by atoms with Crippen LogP contribution >= 0.6 is 7.82 Å². The van der Waals surface area contributed by atoms with Crippen LogP contribution in [-0.4, -0.2) is 48.6 Å². The monoisotopic (exact) mass is 696 g/mol. The van der Waals surface area contributed by atoms with Crippen molar-refractivity contribution in [3.63, 3.8) is 0 Å². The number of carbonyl (C=O) groups excluding carboxylic acids is 2. The molecule has 2 fully saturated rings. The smallest absolute Gasteiger partial charge is 0.339 e. The molecule has 0 unspecified atom stereocenters. The third-order valence-electron chi connectivity index (χ3n) is 8.61. The highest BCUT2D eigenvalue weighted by Gasteiger charge is 2.48. The first kappa shape index (κ1) is 37.0. The Morgan fingerprint density at radius 1 is 0.939 bits per heavy atom. The Bertz CT molecular complexity index is 1660. The van der Waals surface area contributed by atoms with Crippen molar-refractivity contribution in [1.82, 2.24) is 24.9 Å². The van der Waals surface area contributed by atoms with E-state index < -0.39 is 25.1 Å². The Balaban J connectivity index is 1.31. The number of anilines is 1. The van der Waals surface area contributed by atoms with Gasteiger partial charge in [-0.3, -0.25) is 27.8 Å². The van der Waals surface area contributed by atoms with Crippen molar-refractivity contribution in [1.29, 1.82) is 0 Å². The van der Waals surface area contributed by atoms with Crippen LogP contribution in [0.5, 0.6) is 0 Å². The molecule has 12 nitrogen and oxygen atoms in total. The van der Waals surface area contributed by atoms with Crippen molar-refractivity contribution in [2.24, 2.45) is 17.8 Å². The zero-order valence-electron chi connectivity index (χ0n) is 30.6. The third-order valence-corrected chi connectivity index (χ3v) is 10.6. The highest BCUT2D eigenvalue weighted by Crippen LogP contribution is 2.56. The molecular formula is C36H53N6O6P. The molecule has 2 heterocycles. The lowest BCUT2D eigenvalue weighted by molar-refractivity contribution is -0.119. The molecule has 2 saturated carbocycles. The molecule has 0 radical (unpaired) electrons. The number of aryl methyl sites for hydroxylation is 1. The molecule has 3 aromatic rings. The van der Waals surface area contributed by atoms with E-state index >= 15 is 0 Å². The van der Waals surface area contributed by atoms with Crippen LogP contribution in [-0.2, 0) is 29.7 Å². The molecule has 13 heteroatoms. The number of benzene rings is 1. The van der Waals surface area contributed by atoms with Gasteiger partial charge in [0.05, 0.1) is 16.9 Å². The standard InChI is InChI=1S/C36H53N6O6P/c1-22(2)42-29(19-20-37-42)33(43)39-32(31(26-11-12-26)27-13-14-27)34(44)38-28-17-15-25(16-18-28)30-23(3)40-41(24(30)4)21-46-49(45,47-35(5,6)7)48-36(8,9)10/h15-20,22,26-27,31-32H,11-14,21H2,1-10H3,(H,38,44)(H,39,43)/t32-/m0/s1. The Hall–Kier alpha value is -3.31. The molecular weight excluding hydrogens is 643 g/mol. The van der Waals surface area contributed by atoms with Gasteiger partial charge in [-0.2, -0.15) is 10.2 Å². The molecule has 1 atom stereocenters. The number of phosphoric acid groups is 1. The lowest BCUT2D eigenvalue weighted by Gasteiger charge is -2.30. The molecule has 2 aliphatic rings. The summed E-state index contributed by atoms with van der Waals surface area (Å²) in [6, 6.07) is 8.65. The molecule has 2 N–H and O–H groups in total. The number of nitrogens with one attached hydrogen (secondary N) is 2. The van der Waals surface area contributed by atoms with Crippen LogP contribution in [0.3, 0.4) is 0 Å². The van der Waals surface area contributed by atoms with Gasteiger partial charge in [0, 0.05) is 29.2 Å². The molecule has 0 spiro atoms. The van der Waals surface area contributed by atoms with Crippen molar-refractivity contribution >= 4 is 25.3 Å². The lowest BCUT2D eigenvalue weighted by atomic mass is 9.88. The van der Waals surface area contributed by atoms with E-state index in [0.717, 1.165) is 48.2 Å². The number of carbonyl (C=O) groups is 2. The molecule has 268 valence electrons. The maximum absolute atomic E-state index is 13.9. The van der Waals surface area contributed by atoms with Crippen molar-refractivity contribution < 1.29 is 27.7 Å². The number of hydrogen-bond acceptors (Lipinski definition) is 8. The Morgan fingerprint density at radius 2 is 1.51 bits per heavy atom.